The summed E-state index contributed by atoms with van der Waals surface area (Å²) >= 11 is 3.05. The monoisotopic (exact) mass is 340 g/mol. The normalized spacial score (nSPS) is 10.5. The summed E-state index contributed by atoms with van der Waals surface area (Å²) in [6.45, 7) is 0.443. The van der Waals surface area contributed by atoms with Gasteiger partial charge in [-0.05, 0) is 41.3 Å². The van der Waals surface area contributed by atoms with Crippen LogP contribution in [0.1, 0.15) is 15.2 Å². The lowest BCUT2D eigenvalue weighted by molar-refractivity contribution is 0.103. The lowest BCUT2D eigenvalue weighted by atomic mass is 10.2. The third kappa shape index (κ3) is 4.01. The maximum absolute atomic E-state index is 12.3. The zero-order valence-electron chi connectivity index (χ0n) is 12.4. The van der Waals surface area contributed by atoms with Gasteiger partial charge in [0.25, 0.3) is 5.91 Å². The van der Waals surface area contributed by atoms with Gasteiger partial charge in [0.05, 0.1) is 10.6 Å². The molecular formula is C18H16N2OS2. The zero-order valence-corrected chi connectivity index (χ0v) is 14.0. The van der Waals surface area contributed by atoms with Gasteiger partial charge in [0.15, 0.2) is 0 Å². The first-order valence-electron chi connectivity index (χ1n) is 7.17. The molecule has 0 unspecified atom stereocenters. The van der Waals surface area contributed by atoms with Crippen LogP contribution in [0.15, 0.2) is 75.8 Å². The fraction of sp³-hybridized carbons (Fsp3) is 0.0556. The highest BCUT2D eigenvalue weighted by molar-refractivity contribution is 7.99. The Labute approximate surface area is 143 Å². The first-order chi connectivity index (χ1) is 11.3. The minimum atomic E-state index is -0.0934. The molecule has 3 rings (SSSR count). The Morgan fingerprint density at radius 1 is 1.09 bits per heavy atom. The second-order valence-electron chi connectivity index (χ2n) is 4.88. The smallest absolute Gasteiger partial charge is 0.265 e. The van der Waals surface area contributed by atoms with E-state index in [9.17, 15) is 4.79 Å². The van der Waals surface area contributed by atoms with Crippen molar-refractivity contribution in [3.8, 4) is 0 Å². The Morgan fingerprint density at radius 2 is 1.91 bits per heavy atom. The molecular weight excluding hydrogens is 324 g/mol. The average molecular weight is 340 g/mol. The summed E-state index contributed by atoms with van der Waals surface area (Å²) in [5, 5.41) is 4.90. The minimum Gasteiger partial charge on any atom is -0.326 e. The average Bonchev–Trinajstić information content (AvgIpc) is 3.12. The van der Waals surface area contributed by atoms with Gasteiger partial charge in [-0.15, -0.1) is 11.3 Å². The molecule has 3 N–H and O–H groups in total. The number of hydrogen-bond acceptors (Lipinski definition) is 4. The summed E-state index contributed by atoms with van der Waals surface area (Å²) in [6, 6.07) is 19.7. The first-order valence-corrected chi connectivity index (χ1v) is 8.86. The molecule has 2 aromatic carbocycles. The second-order valence-corrected chi connectivity index (χ2v) is 6.94. The van der Waals surface area contributed by atoms with Crippen molar-refractivity contribution in [2.75, 3.05) is 5.32 Å². The van der Waals surface area contributed by atoms with Gasteiger partial charge in [-0.25, -0.2) is 0 Å². The van der Waals surface area contributed by atoms with E-state index in [-0.39, 0.29) is 5.91 Å². The van der Waals surface area contributed by atoms with E-state index in [4.69, 9.17) is 5.73 Å². The molecule has 5 heteroatoms. The molecule has 0 aliphatic rings. The van der Waals surface area contributed by atoms with Crippen molar-refractivity contribution in [2.24, 2.45) is 5.73 Å². The summed E-state index contributed by atoms with van der Waals surface area (Å²) in [5.41, 5.74) is 7.51. The molecule has 0 atom stereocenters. The molecule has 0 saturated heterocycles. The summed E-state index contributed by atoms with van der Waals surface area (Å²) < 4.78 is 0. The van der Waals surface area contributed by atoms with Crippen molar-refractivity contribution >= 4 is 34.7 Å². The molecule has 23 heavy (non-hydrogen) atoms. The largest absolute Gasteiger partial charge is 0.326 e. The zero-order chi connectivity index (χ0) is 16.1. The van der Waals surface area contributed by atoms with Crippen LogP contribution >= 0.6 is 23.1 Å². The van der Waals surface area contributed by atoms with Crippen LogP contribution in [0.5, 0.6) is 0 Å². The van der Waals surface area contributed by atoms with E-state index in [1.807, 2.05) is 66.0 Å². The Kier molecular flexibility index (Phi) is 5.12. The van der Waals surface area contributed by atoms with Gasteiger partial charge in [0.2, 0.25) is 0 Å². The molecule has 0 bridgehead atoms. The van der Waals surface area contributed by atoms with Gasteiger partial charge in [0.1, 0.15) is 0 Å². The number of amides is 1. The van der Waals surface area contributed by atoms with Crippen LogP contribution in [0, 0.1) is 0 Å². The number of anilines is 1. The van der Waals surface area contributed by atoms with Crippen molar-refractivity contribution in [1.29, 1.82) is 0 Å². The molecule has 1 aromatic heterocycles. The van der Waals surface area contributed by atoms with Gasteiger partial charge >= 0.3 is 0 Å². The van der Waals surface area contributed by atoms with Gasteiger partial charge in [-0.1, -0.05) is 42.1 Å². The molecule has 0 aliphatic heterocycles. The van der Waals surface area contributed by atoms with Crippen LogP contribution in [-0.4, -0.2) is 5.91 Å². The van der Waals surface area contributed by atoms with Gasteiger partial charge in [0, 0.05) is 16.3 Å². The van der Waals surface area contributed by atoms with E-state index in [0.29, 0.717) is 11.4 Å². The quantitative estimate of drug-likeness (QED) is 0.713. The Hall–Kier alpha value is -2.08. The van der Waals surface area contributed by atoms with Crippen molar-refractivity contribution in [2.45, 2.75) is 16.3 Å². The number of carbonyl (C=O) groups is 1. The standard InChI is InChI=1S/C18H16N2OS2/c19-12-13-8-9-16(23-14-5-2-1-3-6-14)15(11-13)20-18(21)17-7-4-10-22-17/h1-11H,12,19H2,(H,20,21). The molecule has 1 heterocycles. The number of hydrogen-bond donors (Lipinski definition) is 2. The van der Waals surface area contributed by atoms with Gasteiger partial charge < -0.3 is 11.1 Å². The number of nitrogens with two attached hydrogens (primary N) is 1. The summed E-state index contributed by atoms with van der Waals surface area (Å²) in [5.74, 6) is -0.0934. The van der Waals surface area contributed by atoms with E-state index < -0.39 is 0 Å². The molecule has 0 spiro atoms. The maximum Gasteiger partial charge on any atom is 0.265 e. The highest BCUT2D eigenvalue weighted by Crippen LogP contribution is 2.34. The van der Waals surface area contributed by atoms with Crippen molar-refractivity contribution in [3.63, 3.8) is 0 Å². The predicted octanol–water partition coefficient (Wildman–Crippen LogP) is 4.61. The fourth-order valence-electron chi connectivity index (χ4n) is 2.10. The lowest BCUT2D eigenvalue weighted by Gasteiger charge is -2.12. The molecule has 3 aromatic rings. The Bertz CT molecular complexity index is 786. The van der Waals surface area contributed by atoms with E-state index in [1.54, 1.807) is 11.8 Å². The number of nitrogens with one attached hydrogen (secondary N) is 1. The summed E-state index contributed by atoms with van der Waals surface area (Å²) in [6.07, 6.45) is 0. The third-order valence-corrected chi connectivity index (χ3v) is 5.20. The SMILES string of the molecule is NCc1ccc(Sc2ccccc2)c(NC(=O)c2cccs2)c1. The second kappa shape index (κ2) is 7.46. The van der Waals surface area contributed by atoms with E-state index >= 15 is 0 Å². The van der Waals surface area contributed by atoms with Gasteiger partial charge in [-0.2, -0.15) is 0 Å². The van der Waals surface area contributed by atoms with Crippen LogP contribution < -0.4 is 11.1 Å². The molecule has 0 fully saturated rings. The maximum atomic E-state index is 12.3. The van der Waals surface area contributed by atoms with Crippen LogP contribution in [0.2, 0.25) is 0 Å². The van der Waals surface area contributed by atoms with Crippen molar-refractivity contribution < 1.29 is 4.79 Å². The molecule has 116 valence electrons. The molecule has 0 radical (unpaired) electrons. The number of carbonyl (C=O) groups excluding carboxylic acids is 1. The number of thiophene rings is 1. The highest BCUT2D eigenvalue weighted by Gasteiger charge is 2.11. The van der Waals surface area contributed by atoms with Crippen molar-refractivity contribution in [3.05, 3.63) is 76.5 Å². The van der Waals surface area contributed by atoms with E-state index in [0.717, 1.165) is 21.0 Å². The fourth-order valence-corrected chi connectivity index (χ4v) is 3.62. The topological polar surface area (TPSA) is 55.1 Å². The molecule has 3 nitrogen and oxygen atoms in total. The predicted molar refractivity (Wildman–Crippen MR) is 97.2 cm³/mol. The third-order valence-electron chi connectivity index (χ3n) is 3.24. The van der Waals surface area contributed by atoms with Crippen molar-refractivity contribution in [1.82, 2.24) is 0 Å². The number of rotatable bonds is 5. The molecule has 0 saturated carbocycles. The minimum absolute atomic E-state index is 0.0934. The summed E-state index contributed by atoms with van der Waals surface area (Å²) in [7, 11) is 0. The van der Waals surface area contributed by atoms with E-state index in [2.05, 4.69) is 5.32 Å². The number of benzene rings is 2. The van der Waals surface area contributed by atoms with Crippen LogP contribution in [0.25, 0.3) is 0 Å². The lowest BCUT2D eigenvalue weighted by Crippen LogP contribution is -2.11. The highest BCUT2D eigenvalue weighted by atomic mass is 32.2. The molecule has 0 aliphatic carbocycles. The van der Waals surface area contributed by atoms with Crippen LogP contribution in [0.3, 0.4) is 0 Å². The van der Waals surface area contributed by atoms with Crippen LogP contribution in [0.4, 0.5) is 5.69 Å². The summed E-state index contributed by atoms with van der Waals surface area (Å²) in [4.78, 5) is 15.2. The Balaban J connectivity index is 1.88. The Morgan fingerprint density at radius 3 is 2.61 bits per heavy atom. The first kappa shape index (κ1) is 15.8. The van der Waals surface area contributed by atoms with E-state index in [1.165, 1.54) is 11.3 Å². The van der Waals surface area contributed by atoms with Crippen LogP contribution in [-0.2, 0) is 6.54 Å². The molecule has 1 amide bonds. The van der Waals surface area contributed by atoms with Gasteiger partial charge in [-0.3, -0.25) is 4.79 Å².